The fraction of sp³-hybridized carbons (Fsp3) is 0.333. The maximum absolute atomic E-state index is 6.40. The van der Waals surface area contributed by atoms with Gasteiger partial charge in [0.1, 0.15) is 11.5 Å². The normalized spacial score (nSPS) is 12.7. The minimum absolute atomic E-state index is 0.454. The molecule has 2 rings (SSSR count). The highest BCUT2D eigenvalue weighted by molar-refractivity contribution is 5.23. The second-order valence-electron chi connectivity index (χ2n) is 7.18. The molecule has 132 valence electrons. The highest BCUT2D eigenvalue weighted by Gasteiger charge is 2.09. The Bertz CT molecular complexity index is 617. The van der Waals surface area contributed by atoms with E-state index in [0.29, 0.717) is 11.8 Å². The van der Waals surface area contributed by atoms with E-state index in [1.165, 1.54) is 11.1 Å². The van der Waals surface area contributed by atoms with E-state index < -0.39 is 0 Å². The summed E-state index contributed by atoms with van der Waals surface area (Å²) in [5.41, 5.74) is 2.55. The molecule has 0 aliphatic carbocycles. The van der Waals surface area contributed by atoms with Gasteiger partial charge in [-0.05, 0) is 35.1 Å². The van der Waals surface area contributed by atoms with Gasteiger partial charge in [0.05, 0.1) is 0 Å². The number of allylic oxidation sites excluding steroid dienone is 4. The number of hydrogen-bond acceptors (Lipinski definition) is 1. The van der Waals surface area contributed by atoms with Crippen LogP contribution in [0.3, 0.4) is 0 Å². The Morgan fingerprint density at radius 1 is 0.680 bits per heavy atom. The molecular formula is C24H30O. The van der Waals surface area contributed by atoms with Crippen LogP contribution >= 0.6 is 0 Å². The molecule has 0 aromatic heterocycles. The third-order valence-corrected chi connectivity index (χ3v) is 3.74. The first kappa shape index (κ1) is 19.1. The highest BCUT2D eigenvalue weighted by Crippen LogP contribution is 2.20. The van der Waals surface area contributed by atoms with Crippen molar-refractivity contribution in [3.63, 3.8) is 0 Å². The zero-order valence-corrected chi connectivity index (χ0v) is 15.9. The van der Waals surface area contributed by atoms with Crippen molar-refractivity contribution in [2.75, 3.05) is 0 Å². The van der Waals surface area contributed by atoms with Crippen LogP contribution in [0.4, 0.5) is 0 Å². The molecule has 0 heterocycles. The van der Waals surface area contributed by atoms with Gasteiger partial charge < -0.3 is 4.74 Å². The minimum Gasteiger partial charge on any atom is -0.466 e. The summed E-state index contributed by atoms with van der Waals surface area (Å²) in [6.45, 7) is 8.77. The molecule has 0 fully saturated rings. The van der Waals surface area contributed by atoms with Crippen molar-refractivity contribution in [2.45, 2.75) is 40.5 Å². The van der Waals surface area contributed by atoms with Crippen LogP contribution in [0.15, 0.2) is 84.3 Å². The fourth-order valence-electron chi connectivity index (χ4n) is 2.76. The van der Waals surface area contributed by atoms with E-state index in [4.69, 9.17) is 4.74 Å². The van der Waals surface area contributed by atoms with E-state index in [2.05, 4.69) is 101 Å². The van der Waals surface area contributed by atoms with Gasteiger partial charge in [-0.3, -0.25) is 0 Å². The van der Waals surface area contributed by atoms with Gasteiger partial charge in [0.2, 0.25) is 0 Å². The molecule has 0 atom stereocenters. The van der Waals surface area contributed by atoms with Crippen LogP contribution in [0.1, 0.15) is 38.8 Å². The van der Waals surface area contributed by atoms with Crippen molar-refractivity contribution in [3.8, 4) is 0 Å². The summed E-state index contributed by atoms with van der Waals surface area (Å²) in [7, 11) is 0. The Morgan fingerprint density at radius 2 is 1.04 bits per heavy atom. The quantitative estimate of drug-likeness (QED) is 0.496. The van der Waals surface area contributed by atoms with Gasteiger partial charge in [0, 0.05) is 12.8 Å². The average molecular weight is 335 g/mol. The van der Waals surface area contributed by atoms with Crippen LogP contribution in [-0.2, 0) is 17.6 Å². The lowest BCUT2D eigenvalue weighted by atomic mass is 10.1. The molecule has 0 saturated carbocycles. The molecule has 0 aliphatic heterocycles. The Hall–Kier alpha value is -2.28. The van der Waals surface area contributed by atoms with Crippen LogP contribution in [0.25, 0.3) is 0 Å². The second-order valence-corrected chi connectivity index (χ2v) is 7.18. The summed E-state index contributed by atoms with van der Waals surface area (Å²) < 4.78 is 6.40. The molecule has 1 nitrogen and oxygen atoms in total. The number of rotatable bonds is 8. The van der Waals surface area contributed by atoms with Crippen LogP contribution in [0.5, 0.6) is 0 Å². The lowest BCUT2D eigenvalue weighted by molar-refractivity contribution is 0.281. The van der Waals surface area contributed by atoms with Crippen molar-refractivity contribution in [2.24, 2.45) is 11.8 Å². The summed E-state index contributed by atoms with van der Waals surface area (Å²) in [6, 6.07) is 21.0. The smallest absolute Gasteiger partial charge is 0.104 e. The monoisotopic (exact) mass is 334 g/mol. The van der Waals surface area contributed by atoms with Gasteiger partial charge in [-0.2, -0.15) is 0 Å². The molecule has 25 heavy (non-hydrogen) atoms. The van der Waals surface area contributed by atoms with Gasteiger partial charge in [-0.1, -0.05) is 88.4 Å². The Labute approximate surface area is 153 Å². The average Bonchev–Trinajstić information content (AvgIpc) is 2.55. The third kappa shape index (κ3) is 7.43. The van der Waals surface area contributed by atoms with Gasteiger partial charge in [-0.15, -0.1) is 0 Å². The van der Waals surface area contributed by atoms with Gasteiger partial charge >= 0.3 is 0 Å². The maximum Gasteiger partial charge on any atom is 0.104 e. The van der Waals surface area contributed by atoms with Gasteiger partial charge in [0.15, 0.2) is 0 Å². The summed E-state index contributed by atoms with van der Waals surface area (Å²) in [5, 5.41) is 0. The van der Waals surface area contributed by atoms with Crippen LogP contribution in [0, 0.1) is 11.8 Å². The zero-order chi connectivity index (χ0) is 18.1. The lowest BCUT2D eigenvalue weighted by Gasteiger charge is -2.16. The standard InChI is InChI=1S/C24H30O/c1-19(2)15-23(17-21-11-7-5-8-12-21)25-24(16-20(3)4)18-22-13-9-6-10-14-22/h5-16,19-20H,17-18H2,1-4H3. The summed E-state index contributed by atoms with van der Waals surface area (Å²) in [5.74, 6) is 2.97. The second kappa shape index (κ2) is 9.88. The van der Waals surface area contributed by atoms with E-state index in [1.807, 2.05) is 0 Å². The number of hydrogen-bond donors (Lipinski definition) is 0. The first-order chi connectivity index (χ1) is 12.0. The molecule has 0 aliphatic rings. The van der Waals surface area contributed by atoms with Crippen molar-refractivity contribution in [1.82, 2.24) is 0 Å². The molecule has 0 N–H and O–H groups in total. The summed E-state index contributed by atoms with van der Waals surface area (Å²) >= 11 is 0. The first-order valence-electron chi connectivity index (χ1n) is 9.20. The van der Waals surface area contributed by atoms with Gasteiger partial charge in [0.25, 0.3) is 0 Å². The Balaban J connectivity index is 2.19. The van der Waals surface area contributed by atoms with E-state index in [0.717, 1.165) is 24.4 Å². The van der Waals surface area contributed by atoms with Crippen molar-refractivity contribution >= 4 is 0 Å². The highest BCUT2D eigenvalue weighted by atomic mass is 16.5. The predicted octanol–water partition coefficient (Wildman–Crippen LogP) is 6.57. The SMILES string of the molecule is CC(C)C=C(Cc1ccccc1)OC(=CC(C)C)Cc1ccccc1. The Kier molecular flexibility index (Phi) is 7.53. The predicted molar refractivity (Wildman–Crippen MR) is 107 cm³/mol. The largest absolute Gasteiger partial charge is 0.466 e. The van der Waals surface area contributed by atoms with Crippen LogP contribution < -0.4 is 0 Å². The van der Waals surface area contributed by atoms with Crippen LogP contribution in [-0.4, -0.2) is 0 Å². The molecule has 0 spiro atoms. The molecule has 2 aromatic rings. The van der Waals surface area contributed by atoms with Crippen molar-refractivity contribution < 1.29 is 4.74 Å². The molecule has 0 radical (unpaired) electrons. The Morgan fingerprint density at radius 3 is 1.36 bits per heavy atom. The van der Waals surface area contributed by atoms with Gasteiger partial charge in [-0.25, -0.2) is 0 Å². The number of benzene rings is 2. The summed E-state index contributed by atoms with van der Waals surface area (Å²) in [6.07, 6.45) is 6.10. The molecule has 1 heteroatoms. The molecule has 0 amide bonds. The molecule has 0 unspecified atom stereocenters. The van der Waals surface area contributed by atoms with Crippen LogP contribution in [0.2, 0.25) is 0 Å². The minimum atomic E-state index is 0.454. The summed E-state index contributed by atoms with van der Waals surface area (Å²) in [4.78, 5) is 0. The van der Waals surface area contributed by atoms with E-state index >= 15 is 0 Å². The van der Waals surface area contributed by atoms with E-state index in [1.54, 1.807) is 0 Å². The fourth-order valence-corrected chi connectivity index (χ4v) is 2.76. The maximum atomic E-state index is 6.40. The lowest BCUT2D eigenvalue weighted by Crippen LogP contribution is -2.03. The topological polar surface area (TPSA) is 9.23 Å². The third-order valence-electron chi connectivity index (χ3n) is 3.74. The van der Waals surface area contributed by atoms with Crippen molar-refractivity contribution in [3.05, 3.63) is 95.5 Å². The van der Waals surface area contributed by atoms with E-state index in [9.17, 15) is 0 Å². The molecule has 0 saturated heterocycles. The first-order valence-corrected chi connectivity index (χ1v) is 9.20. The molecule has 0 bridgehead atoms. The van der Waals surface area contributed by atoms with Crippen molar-refractivity contribution in [1.29, 1.82) is 0 Å². The molecule has 2 aromatic carbocycles. The molecular weight excluding hydrogens is 304 g/mol. The zero-order valence-electron chi connectivity index (χ0n) is 15.9. The van der Waals surface area contributed by atoms with E-state index in [-0.39, 0.29) is 0 Å². The number of ether oxygens (including phenoxy) is 1.